The second kappa shape index (κ2) is 7.00. The number of rotatable bonds is 9. The molecule has 0 radical (unpaired) electrons. The van der Waals surface area contributed by atoms with E-state index in [1.165, 1.54) is 84.0 Å². The molecule has 3 aliphatic rings. The van der Waals surface area contributed by atoms with E-state index in [4.69, 9.17) is 0 Å². The minimum absolute atomic E-state index is 0.588. The fraction of sp³-hybridized carbons (Fsp3) is 1.00. The van der Waals surface area contributed by atoms with Gasteiger partial charge in [-0.25, -0.2) is 0 Å². The van der Waals surface area contributed by atoms with E-state index in [0.29, 0.717) is 5.41 Å². The normalized spacial score (nSPS) is 25.7. The second-order valence-corrected chi connectivity index (χ2v) is 8.69. The molecule has 0 spiro atoms. The van der Waals surface area contributed by atoms with Gasteiger partial charge in [-0.15, -0.1) is 0 Å². The van der Waals surface area contributed by atoms with Gasteiger partial charge in [-0.05, 0) is 62.3 Å². The summed E-state index contributed by atoms with van der Waals surface area (Å²) >= 11 is 0. The van der Waals surface area contributed by atoms with E-state index in [2.05, 4.69) is 24.1 Å². The van der Waals surface area contributed by atoms with Gasteiger partial charge < -0.3 is 5.32 Å². The van der Waals surface area contributed by atoms with Gasteiger partial charge in [-0.3, -0.25) is 4.90 Å². The van der Waals surface area contributed by atoms with Crippen molar-refractivity contribution >= 4 is 0 Å². The van der Waals surface area contributed by atoms with E-state index in [1.807, 2.05) is 0 Å². The van der Waals surface area contributed by atoms with Crippen molar-refractivity contribution in [2.45, 2.75) is 77.7 Å². The average Bonchev–Trinajstić information content (AvgIpc) is 3.32. The quantitative estimate of drug-likeness (QED) is 0.689. The maximum Gasteiger partial charge on any atom is 0.00967 e. The van der Waals surface area contributed by atoms with Crippen LogP contribution in [0.25, 0.3) is 0 Å². The lowest BCUT2D eigenvalue weighted by Gasteiger charge is -2.42. The van der Waals surface area contributed by atoms with Gasteiger partial charge in [0.05, 0.1) is 0 Å². The Balaban J connectivity index is 1.56. The van der Waals surface area contributed by atoms with Crippen LogP contribution in [0.3, 0.4) is 0 Å². The lowest BCUT2D eigenvalue weighted by Crippen LogP contribution is -2.47. The van der Waals surface area contributed by atoms with Gasteiger partial charge in [0.2, 0.25) is 0 Å². The molecule has 0 amide bonds. The van der Waals surface area contributed by atoms with Gasteiger partial charge in [-0.2, -0.15) is 0 Å². The van der Waals surface area contributed by atoms with Crippen molar-refractivity contribution in [3.8, 4) is 0 Å². The van der Waals surface area contributed by atoms with Crippen LogP contribution in [-0.4, -0.2) is 37.1 Å². The van der Waals surface area contributed by atoms with Gasteiger partial charge in [-0.1, -0.05) is 33.1 Å². The summed E-state index contributed by atoms with van der Waals surface area (Å²) in [5.41, 5.74) is 0.588. The van der Waals surface area contributed by atoms with Gasteiger partial charge in [0.15, 0.2) is 0 Å². The number of nitrogens with one attached hydrogen (secondary N) is 1. The van der Waals surface area contributed by atoms with Crippen molar-refractivity contribution in [1.82, 2.24) is 10.2 Å². The first-order valence-corrected chi connectivity index (χ1v) is 9.62. The van der Waals surface area contributed by atoms with E-state index < -0.39 is 0 Å². The predicted molar refractivity (Wildman–Crippen MR) is 90.5 cm³/mol. The second-order valence-electron chi connectivity index (χ2n) is 8.69. The minimum Gasteiger partial charge on any atom is -0.316 e. The Kier molecular flexibility index (Phi) is 5.27. The summed E-state index contributed by atoms with van der Waals surface area (Å²) in [7, 11) is 0. The molecular formula is C19H36N2. The molecule has 3 aliphatic carbocycles. The van der Waals surface area contributed by atoms with Crippen LogP contribution in [0.1, 0.15) is 71.6 Å². The summed E-state index contributed by atoms with van der Waals surface area (Å²) in [5, 5.41) is 3.80. The first-order chi connectivity index (χ1) is 10.2. The third kappa shape index (κ3) is 4.96. The minimum atomic E-state index is 0.588. The first kappa shape index (κ1) is 15.8. The van der Waals surface area contributed by atoms with E-state index in [9.17, 15) is 0 Å². The molecule has 0 unspecified atom stereocenters. The summed E-state index contributed by atoms with van der Waals surface area (Å²) < 4.78 is 0. The van der Waals surface area contributed by atoms with Crippen molar-refractivity contribution in [2.24, 2.45) is 17.3 Å². The number of nitrogens with zero attached hydrogens (tertiary/aromatic N) is 1. The molecular weight excluding hydrogens is 256 g/mol. The molecule has 0 heterocycles. The summed E-state index contributed by atoms with van der Waals surface area (Å²) in [4.78, 5) is 2.90. The molecule has 0 aromatic rings. The third-order valence-corrected chi connectivity index (χ3v) is 5.76. The van der Waals surface area contributed by atoms with Crippen LogP contribution in [0, 0.1) is 17.3 Å². The highest BCUT2D eigenvalue weighted by molar-refractivity contribution is 4.95. The summed E-state index contributed by atoms with van der Waals surface area (Å²) in [6, 6.07) is 0.953. The van der Waals surface area contributed by atoms with Crippen LogP contribution in [0.15, 0.2) is 0 Å². The molecule has 122 valence electrons. The third-order valence-electron chi connectivity index (χ3n) is 5.76. The molecule has 0 saturated heterocycles. The van der Waals surface area contributed by atoms with Crippen molar-refractivity contribution in [3.63, 3.8) is 0 Å². The van der Waals surface area contributed by atoms with E-state index in [1.54, 1.807) is 0 Å². The molecule has 3 rings (SSSR count). The fourth-order valence-corrected chi connectivity index (χ4v) is 4.16. The van der Waals surface area contributed by atoms with Crippen molar-refractivity contribution in [3.05, 3.63) is 0 Å². The van der Waals surface area contributed by atoms with Crippen LogP contribution in [0.5, 0.6) is 0 Å². The maximum absolute atomic E-state index is 3.80. The lowest BCUT2D eigenvalue weighted by atomic mass is 9.73. The van der Waals surface area contributed by atoms with Crippen LogP contribution in [-0.2, 0) is 0 Å². The van der Waals surface area contributed by atoms with Gasteiger partial charge >= 0.3 is 0 Å². The maximum atomic E-state index is 3.80. The van der Waals surface area contributed by atoms with E-state index >= 15 is 0 Å². The molecule has 3 saturated carbocycles. The van der Waals surface area contributed by atoms with Crippen LogP contribution in [0.4, 0.5) is 0 Å². The highest BCUT2D eigenvalue weighted by Gasteiger charge is 2.40. The van der Waals surface area contributed by atoms with E-state index in [0.717, 1.165) is 17.9 Å². The Bertz CT molecular complexity index is 312. The van der Waals surface area contributed by atoms with Gasteiger partial charge in [0, 0.05) is 25.7 Å². The zero-order chi connectivity index (χ0) is 14.7. The Morgan fingerprint density at radius 2 is 1.76 bits per heavy atom. The highest BCUT2D eigenvalue weighted by Crippen LogP contribution is 2.41. The van der Waals surface area contributed by atoms with Crippen LogP contribution < -0.4 is 5.32 Å². The van der Waals surface area contributed by atoms with E-state index in [-0.39, 0.29) is 0 Å². The molecule has 0 aromatic heterocycles. The van der Waals surface area contributed by atoms with Crippen molar-refractivity contribution < 1.29 is 0 Å². The highest BCUT2D eigenvalue weighted by atomic mass is 15.2. The van der Waals surface area contributed by atoms with Gasteiger partial charge in [0.1, 0.15) is 0 Å². The Morgan fingerprint density at radius 3 is 2.33 bits per heavy atom. The molecule has 0 atom stereocenters. The van der Waals surface area contributed by atoms with Crippen LogP contribution in [0.2, 0.25) is 0 Å². The smallest absolute Gasteiger partial charge is 0.00967 e. The molecule has 0 bridgehead atoms. The van der Waals surface area contributed by atoms with Crippen molar-refractivity contribution in [2.75, 3.05) is 26.2 Å². The molecule has 2 nitrogen and oxygen atoms in total. The summed E-state index contributed by atoms with van der Waals surface area (Å²) in [6.07, 6.45) is 13.3. The largest absolute Gasteiger partial charge is 0.316 e. The molecule has 0 aliphatic heterocycles. The molecule has 1 N–H and O–H groups in total. The lowest BCUT2D eigenvalue weighted by molar-refractivity contribution is 0.0933. The molecule has 21 heavy (non-hydrogen) atoms. The number of hydrogen-bond acceptors (Lipinski definition) is 2. The molecule has 0 aromatic carbocycles. The Labute approximate surface area is 132 Å². The molecule has 3 fully saturated rings. The summed E-state index contributed by atoms with van der Waals surface area (Å²) in [5.74, 6) is 1.83. The molecule has 2 heteroatoms. The predicted octanol–water partition coefficient (Wildman–Crippen LogP) is 4.06. The standard InChI is InChI=1S/C19H36N2/c1-16(2)12-20-14-19(10-4-3-5-11-19)15-21(18-8-9-18)13-17-6-7-17/h16-18,20H,3-15H2,1-2H3. The first-order valence-electron chi connectivity index (χ1n) is 9.62. The van der Waals surface area contributed by atoms with Gasteiger partial charge in [0.25, 0.3) is 0 Å². The Morgan fingerprint density at radius 1 is 1.05 bits per heavy atom. The zero-order valence-corrected chi connectivity index (χ0v) is 14.4. The fourth-order valence-electron chi connectivity index (χ4n) is 4.16. The Hall–Kier alpha value is -0.0800. The summed E-state index contributed by atoms with van der Waals surface area (Å²) in [6.45, 7) is 9.90. The monoisotopic (exact) mass is 292 g/mol. The number of hydrogen-bond donors (Lipinski definition) is 1. The average molecular weight is 293 g/mol. The zero-order valence-electron chi connectivity index (χ0n) is 14.4. The SMILES string of the molecule is CC(C)CNCC1(CN(CC2CC2)C2CC2)CCCCC1. The van der Waals surface area contributed by atoms with Crippen molar-refractivity contribution in [1.29, 1.82) is 0 Å². The van der Waals surface area contributed by atoms with Crippen LogP contribution >= 0.6 is 0 Å². The topological polar surface area (TPSA) is 15.3 Å².